The summed E-state index contributed by atoms with van der Waals surface area (Å²) in [5.74, 6) is 0.838. The Kier molecular flexibility index (Phi) is 3.52. The van der Waals surface area contributed by atoms with Crippen LogP contribution in [-0.2, 0) is 5.75 Å². The molecule has 0 saturated carbocycles. The van der Waals surface area contributed by atoms with Crippen molar-refractivity contribution < 1.29 is 0 Å². The van der Waals surface area contributed by atoms with Crippen LogP contribution in [0.4, 0.5) is 0 Å². The molecule has 0 saturated heterocycles. The number of nitriles is 1. The lowest BCUT2D eigenvalue weighted by Crippen LogP contribution is -1.88. The highest BCUT2D eigenvalue weighted by atomic mass is 32.2. The Morgan fingerprint density at radius 2 is 2.00 bits per heavy atom. The van der Waals surface area contributed by atoms with Gasteiger partial charge in [-0.1, -0.05) is 30.3 Å². The highest BCUT2D eigenvalue weighted by molar-refractivity contribution is 7.98. The van der Waals surface area contributed by atoms with Crippen molar-refractivity contribution in [1.82, 2.24) is 9.97 Å². The summed E-state index contributed by atoms with van der Waals surface area (Å²) in [4.78, 5) is 8.11. The van der Waals surface area contributed by atoms with Crippen LogP contribution in [0.1, 0.15) is 11.3 Å². The van der Waals surface area contributed by atoms with E-state index in [0.29, 0.717) is 5.69 Å². The van der Waals surface area contributed by atoms with Crippen molar-refractivity contribution >= 4 is 11.8 Å². The molecule has 0 bridgehead atoms. The second kappa shape index (κ2) is 5.29. The van der Waals surface area contributed by atoms with E-state index in [4.69, 9.17) is 5.26 Å². The van der Waals surface area contributed by atoms with Gasteiger partial charge in [0.15, 0.2) is 5.69 Å². The number of hydrogen-bond acceptors (Lipinski definition) is 4. The van der Waals surface area contributed by atoms with Crippen LogP contribution in [-0.4, -0.2) is 9.97 Å². The van der Waals surface area contributed by atoms with Gasteiger partial charge in [-0.3, -0.25) is 4.98 Å². The average Bonchev–Trinajstić information content (AvgIpc) is 2.38. The molecule has 0 unspecified atom stereocenters. The van der Waals surface area contributed by atoms with E-state index in [-0.39, 0.29) is 0 Å². The summed E-state index contributed by atoms with van der Waals surface area (Å²) >= 11 is 1.58. The summed E-state index contributed by atoms with van der Waals surface area (Å²) in [6.45, 7) is 0. The van der Waals surface area contributed by atoms with Gasteiger partial charge < -0.3 is 0 Å². The molecule has 0 fully saturated rings. The summed E-state index contributed by atoms with van der Waals surface area (Å²) in [5.41, 5.74) is 1.59. The average molecular weight is 227 g/mol. The molecule has 78 valence electrons. The molecule has 3 nitrogen and oxygen atoms in total. The Bertz CT molecular complexity index is 505. The quantitative estimate of drug-likeness (QED) is 0.756. The third-order valence-corrected chi connectivity index (χ3v) is 2.93. The van der Waals surface area contributed by atoms with E-state index in [0.717, 1.165) is 10.8 Å². The second-order valence-corrected chi connectivity index (χ2v) is 4.12. The molecule has 1 heterocycles. The SMILES string of the molecule is N#Cc1cncc(SCc2ccccc2)n1. The largest absolute Gasteiger partial charge is 0.259 e. The molecule has 16 heavy (non-hydrogen) atoms. The maximum atomic E-state index is 8.69. The van der Waals surface area contributed by atoms with Crippen LogP contribution in [0.2, 0.25) is 0 Å². The maximum absolute atomic E-state index is 8.69. The van der Waals surface area contributed by atoms with Gasteiger partial charge in [0.1, 0.15) is 11.1 Å². The van der Waals surface area contributed by atoms with Gasteiger partial charge in [0.25, 0.3) is 0 Å². The molecule has 0 aliphatic heterocycles. The first-order valence-electron chi connectivity index (χ1n) is 4.77. The van der Waals surface area contributed by atoms with Crippen LogP contribution in [0.25, 0.3) is 0 Å². The van der Waals surface area contributed by atoms with Gasteiger partial charge in [-0.2, -0.15) is 5.26 Å². The molecule has 0 spiro atoms. The predicted octanol–water partition coefficient (Wildman–Crippen LogP) is 2.64. The van der Waals surface area contributed by atoms with E-state index in [1.54, 1.807) is 18.0 Å². The molecule has 4 heteroatoms. The number of benzene rings is 1. The molecule has 0 N–H and O–H groups in total. The van der Waals surface area contributed by atoms with Gasteiger partial charge in [-0.25, -0.2) is 4.98 Å². The topological polar surface area (TPSA) is 49.6 Å². The lowest BCUT2D eigenvalue weighted by Gasteiger charge is -2.00. The van der Waals surface area contributed by atoms with Crippen LogP contribution in [0.3, 0.4) is 0 Å². The number of rotatable bonds is 3. The lowest BCUT2D eigenvalue weighted by atomic mass is 10.2. The van der Waals surface area contributed by atoms with Crippen molar-refractivity contribution in [2.45, 2.75) is 10.8 Å². The molecular weight excluding hydrogens is 218 g/mol. The van der Waals surface area contributed by atoms with E-state index in [9.17, 15) is 0 Å². The van der Waals surface area contributed by atoms with Crippen molar-refractivity contribution in [3.63, 3.8) is 0 Å². The Hall–Kier alpha value is -1.86. The van der Waals surface area contributed by atoms with E-state index < -0.39 is 0 Å². The van der Waals surface area contributed by atoms with Crippen molar-refractivity contribution in [3.05, 3.63) is 54.0 Å². The minimum absolute atomic E-state index is 0.359. The van der Waals surface area contributed by atoms with E-state index in [1.165, 1.54) is 11.8 Å². The van der Waals surface area contributed by atoms with Crippen molar-refractivity contribution in [2.24, 2.45) is 0 Å². The zero-order chi connectivity index (χ0) is 11.2. The van der Waals surface area contributed by atoms with E-state index in [2.05, 4.69) is 22.1 Å². The van der Waals surface area contributed by atoms with Crippen molar-refractivity contribution in [1.29, 1.82) is 5.26 Å². The standard InChI is InChI=1S/C12H9N3S/c13-6-11-7-14-8-12(15-11)16-9-10-4-2-1-3-5-10/h1-5,7-8H,9H2. The van der Waals surface area contributed by atoms with Crippen molar-refractivity contribution in [3.8, 4) is 6.07 Å². The summed E-state index contributed by atoms with van der Waals surface area (Å²) in [6, 6.07) is 12.1. The molecule has 2 rings (SSSR count). The molecular formula is C12H9N3S. The first-order valence-corrected chi connectivity index (χ1v) is 5.76. The van der Waals surface area contributed by atoms with Crippen LogP contribution in [0.5, 0.6) is 0 Å². The Morgan fingerprint density at radius 1 is 1.19 bits per heavy atom. The van der Waals surface area contributed by atoms with Crippen LogP contribution < -0.4 is 0 Å². The number of nitrogens with zero attached hydrogens (tertiary/aromatic N) is 3. The summed E-state index contributed by atoms with van der Waals surface area (Å²) in [7, 11) is 0. The zero-order valence-corrected chi connectivity index (χ0v) is 9.31. The number of thioether (sulfide) groups is 1. The highest BCUT2D eigenvalue weighted by Crippen LogP contribution is 2.19. The molecule has 1 aromatic heterocycles. The minimum Gasteiger partial charge on any atom is -0.259 e. The fourth-order valence-corrected chi connectivity index (χ4v) is 2.01. The van der Waals surface area contributed by atoms with Gasteiger partial charge >= 0.3 is 0 Å². The summed E-state index contributed by atoms with van der Waals surface area (Å²) in [6.07, 6.45) is 3.14. The van der Waals surface area contributed by atoms with E-state index in [1.807, 2.05) is 24.3 Å². The van der Waals surface area contributed by atoms with Gasteiger partial charge in [-0.05, 0) is 5.56 Å². The normalized spacial score (nSPS) is 9.69. The third-order valence-electron chi connectivity index (χ3n) is 1.96. The molecule has 0 radical (unpaired) electrons. The molecule has 0 atom stereocenters. The van der Waals surface area contributed by atoms with Gasteiger partial charge in [0, 0.05) is 5.75 Å². The Balaban J connectivity index is 2.03. The highest BCUT2D eigenvalue weighted by Gasteiger charge is 1.99. The van der Waals surface area contributed by atoms with Gasteiger partial charge in [0.2, 0.25) is 0 Å². The number of hydrogen-bond donors (Lipinski definition) is 0. The maximum Gasteiger partial charge on any atom is 0.160 e. The molecule has 0 aliphatic carbocycles. The summed E-state index contributed by atoms with van der Waals surface area (Å²) in [5, 5.41) is 9.47. The smallest absolute Gasteiger partial charge is 0.160 e. The fourth-order valence-electron chi connectivity index (χ4n) is 1.20. The predicted molar refractivity (Wildman–Crippen MR) is 62.8 cm³/mol. The zero-order valence-electron chi connectivity index (χ0n) is 8.50. The molecule has 0 aliphatic rings. The molecule has 1 aromatic carbocycles. The van der Waals surface area contributed by atoms with E-state index >= 15 is 0 Å². The second-order valence-electron chi connectivity index (χ2n) is 3.13. The van der Waals surface area contributed by atoms with Crippen molar-refractivity contribution in [2.75, 3.05) is 0 Å². The Labute approximate surface area is 98.2 Å². The van der Waals surface area contributed by atoms with Gasteiger partial charge in [-0.15, -0.1) is 11.8 Å². The van der Waals surface area contributed by atoms with Crippen LogP contribution in [0.15, 0.2) is 47.8 Å². The fraction of sp³-hybridized carbons (Fsp3) is 0.0833. The van der Waals surface area contributed by atoms with Gasteiger partial charge in [0.05, 0.1) is 12.4 Å². The Morgan fingerprint density at radius 3 is 2.75 bits per heavy atom. The minimum atomic E-state index is 0.359. The first-order chi connectivity index (χ1) is 7.88. The molecule has 2 aromatic rings. The first kappa shape index (κ1) is 10.7. The van der Waals surface area contributed by atoms with Crippen LogP contribution >= 0.6 is 11.8 Å². The third kappa shape index (κ3) is 2.81. The summed E-state index contributed by atoms with van der Waals surface area (Å²) < 4.78 is 0. The van der Waals surface area contributed by atoms with Crippen LogP contribution in [0, 0.1) is 11.3 Å². The number of aromatic nitrogens is 2. The monoisotopic (exact) mass is 227 g/mol. The lowest BCUT2D eigenvalue weighted by molar-refractivity contribution is 1.03. The molecule has 0 amide bonds.